The van der Waals surface area contributed by atoms with Crippen molar-refractivity contribution in [1.82, 2.24) is 15.6 Å². The van der Waals surface area contributed by atoms with Gasteiger partial charge in [0.15, 0.2) is 0 Å². The summed E-state index contributed by atoms with van der Waals surface area (Å²) in [5.74, 6) is 0.328. The number of ether oxygens (including phenoxy) is 1. The molecule has 1 aromatic carbocycles. The molecule has 0 atom stereocenters. The minimum Gasteiger partial charge on any atom is -0.493 e. The van der Waals surface area contributed by atoms with Gasteiger partial charge in [0, 0.05) is 10.6 Å². The van der Waals surface area contributed by atoms with Crippen molar-refractivity contribution in [2.24, 2.45) is 5.10 Å². The maximum atomic E-state index is 11.7. The number of amides is 1. The van der Waals surface area contributed by atoms with Gasteiger partial charge in [-0.1, -0.05) is 22.9 Å². The maximum absolute atomic E-state index is 11.7. The van der Waals surface area contributed by atoms with Crippen molar-refractivity contribution in [3.05, 3.63) is 33.8 Å². The van der Waals surface area contributed by atoms with Crippen molar-refractivity contribution >= 4 is 40.2 Å². The molecule has 0 unspecified atom stereocenters. The molecule has 116 valence electrons. The van der Waals surface area contributed by atoms with E-state index in [1.807, 2.05) is 6.92 Å². The molecule has 0 radical (unpaired) electrons. The fraction of sp³-hybridized carbons (Fsp3) is 0.231. The summed E-state index contributed by atoms with van der Waals surface area (Å²) in [7, 11) is 0. The Labute approximate surface area is 136 Å². The van der Waals surface area contributed by atoms with Crippen LogP contribution in [0.3, 0.4) is 0 Å². The fourth-order valence-electron chi connectivity index (χ4n) is 1.60. The van der Waals surface area contributed by atoms with Gasteiger partial charge in [-0.3, -0.25) is 4.79 Å². The lowest BCUT2D eigenvalue weighted by molar-refractivity contribution is -0.120. The average molecular weight is 340 g/mol. The van der Waals surface area contributed by atoms with E-state index in [2.05, 4.69) is 20.7 Å². The molecule has 22 heavy (non-hydrogen) atoms. The third-order valence-corrected chi connectivity index (χ3v) is 3.45. The molecule has 0 saturated heterocycles. The number of aromatic nitrogens is 2. The molecule has 7 nitrogen and oxygen atoms in total. The number of carbonyl (C=O) groups excluding carboxylic acids is 1. The van der Waals surface area contributed by atoms with Gasteiger partial charge >= 0.3 is 0 Å². The van der Waals surface area contributed by atoms with Crippen LogP contribution in [0.4, 0.5) is 5.13 Å². The monoisotopic (exact) mass is 339 g/mol. The highest BCUT2D eigenvalue weighted by molar-refractivity contribution is 7.15. The van der Waals surface area contributed by atoms with Crippen molar-refractivity contribution in [2.75, 3.05) is 12.3 Å². The molecular weight excluding hydrogens is 326 g/mol. The van der Waals surface area contributed by atoms with Crippen LogP contribution < -0.4 is 15.9 Å². The molecule has 1 heterocycles. The summed E-state index contributed by atoms with van der Waals surface area (Å²) in [6, 6.07) is 5.18. The van der Waals surface area contributed by atoms with Crippen LogP contribution in [0.5, 0.6) is 5.75 Å². The van der Waals surface area contributed by atoms with Gasteiger partial charge in [0.2, 0.25) is 11.0 Å². The zero-order valence-corrected chi connectivity index (χ0v) is 13.3. The Morgan fingerprint density at radius 1 is 1.55 bits per heavy atom. The molecular formula is C13H14ClN5O2S. The molecule has 0 spiro atoms. The minimum atomic E-state index is -0.313. The second kappa shape index (κ2) is 7.71. The van der Waals surface area contributed by atoms with Crippen molar-refractivity contribution in [1.29, 1.82) is 0 Å². The maximum Gasteiger partial charge on any atom is 0.247 e. The van der Waals surface area contributed by atoms with E-state index in [1.54, 1.807) is 18.2 Å². The first-order valence-electron chi connectivity index (χ1n) is 6.40. The van der Waals surface area contributed by atoms with Crippen LogP contribution in [0.25, 0.3) is 0 Å². The van der Waals surface area contributed by atoms with E-state index in [1.165, 1.54) is 6.21 Å². The summed E-state index contributed by atoms with van der Waals surface area (Å²) in [6.07, 6.45) is 1.54. The third-order valence-electron chi connectivity index (χ3n) is 2.46. The summed E-state index contributed by atoms with van der Waals surface area (Å²) >= 11 is 7.10. The topological polar surface area (TPSA) is 102 Å². The lowest BCUT2D eigenvalue weighted by Gasteiger charge is -2.06. The number of nitrogen functional groups attached to an aromatic ring is 1. The summed E-state index contributed by atoms with van der Waals surface area (Å²) in [5, 5.41) is 12.7. The van der Waals surface area contributed by atoms with Crippen LogP contribution in [0.1, 0.15) is 17.5 Å². The number of anilines is 1. The van der Waals surface area contributed by atoms with Crippen LogP contribution in [0, 0.1) is 0 Å². The van der Waals surface area contributed by atoms with Gasteiger partial charge in [-0.25, -0.2) is 5.43 Å². The Morgan fingerprint density at radius 3 is 3.05 bits per heavy atom. The number of carbonyl (C=O) groups is 1. The largest absolute Gasteiger partial charge is 0.493 e. The highest BCUT2D eigenvalue weighted by Crippen LogP contribution is 2.21. The second-order valence-electron chi connectivity index (χ2n) is 4.12. The first-order chi connectivity index (χ1) is 10.6. The van der Waals surface area contributed by atoms with Gasteiger partial charge in [0.05, 0.1) is 19.2 Å². The van der Waals surface area contributed by atoms with E-state index in [-0.39, 0.29) is 12.3 Å². The fourth-order valence-corrected chi connectivity index (χ4v) is 2.38. The number of nitrogens with two attached hydrogens (primary N) is 1. The summed E-state index contributed by atoms with van der Waals surface area (Å²) in [4.78, 5) is 11.7. The van der Waals surface area contributed by atoms with Gasteiger partial charge in [-0.05, 0) is 25.1 Å². The van der Waals surface area contributed by atoms with E-state index in [4.69, 9.17) is 22.1 Å². The molecule has 0 aliphatic heterocycles. The van der Waals surface area contributed by atoms with Crippen LogP contribution in [-0.4, -0.2) is 28.9 Å². The molecule has 0 fully saturated rings. The van der Waals surface area contributed by atoms with Crippen LogP contribution in [-0.2, 0) is 11.2 Å². The van der Waals surface area contributed by atoms with Crippen LogP contribution in [0.2, 0.25) is 5.02 Å². The number of nitrogens with zero attached hydrogens (tertiary/aromatic N) is 3. The van der Waals surface area contributed by atoms with E-state index >= 15 is 0 Å². The van der Waals surface area contributed by atoms with Crippen LogP contribution in [0.15, 0.2) is 23.3 Å². The Balaban J connectivity index is 1.97. The van der Waals surface area contributed by atoms with Gasteiger partial charge in [-0.15, -0.1) is 10.2 Å². The normalized spacial score (nSPS) is 10.8. The quantitative estimate of drug-likeness (QED) is 0.617. The lowest BCUT2D eigenvalue weighted by Crippen LogP contribution is -2.19. The molecule has 0 saturated carbocycles. The summed E-state index contributed by atoms with van der Waals surface area (Å²) in [6.45, 7) is 2.40. The van der Waals surface area contributed by atoms with E-state index in [9.17, 15) is 4.79 Å². The van der Waals surface area contributed by atoms with Crippen molar-refractivity contribution in [3.63, 3.8) is 0 Å². The Hall–Kier alpha value is -2.19. The first-order valence-corrected chi connectivity index (χ1v) is 7.60. The number of rotatable bonds is 6. The zero-order valence-electron chi connectivity index (χ0n) is 11.7. The third kappa shape index (κ3) is 4.68. The van der Waals surface area contributed by atoms with Gasteiger partial charge in [0.1, 0.15) is 10.8 Å². The second-order valence-corrected chi connectivity index (χ2v) is 5.65. The zero-order chi connectivity index (χ0) is 15.9. The SMILES string of the molecule is CCOc1ccc(Cl)cc1/C=N/NC(=O)Cc1nnc(N)s1. The number of benzene rings is 1. The van der Waals surface area contributed by atoms with Gasteiger partial charge in [0.25, 0.3) is 0 Å². The van der Waals surface area contributed by atoms with Crippen molar-refractivity contribution in [3.8, 4) is 5.75 Å². The molecule has 2 rings (SSSR count). The van der Waals surface area contributed by atoms with E-state index in [0.29, 0.717) is 33.1 Å². The standard InChI is InChI=1S/C13H14ClN5O2S/c1-2-21-10-4-3-9(14)5-8(10)7-16-17-11(20)6-12-18-19-13(15)22-12/h3-5,7H,2,6H2,1H3,(H2,15,19)(H,17,20)/b16-7+. The smallest absolute Gasteiger partial charge is 0.247 e. The number of hydrazone groups is 1. The molecule has 1 aromatic heterocycles. The Morgan fingerprint density at radius 2 is 2.36 bits per heavy atom. The average Bonchev–Trinajstić information content (AvgIpc) is 2.87. The number of halogens is 1. The molecule has 3 N–H and O–H groups in total. The van der Waals surface area contributed by atoms with Gasteiger partial charge < -0.3 is 10.5 Å². The summed E-state index contributed by atoms with van der Waals surface area (Å²) in [5.41, 5.74) is 8.53. The van der Waals surface area contributed by atoms with E-state index < -0.39 is 0 Å². The van der Waals surface area contributed by atoms with E-state index in [0.717, 1.165) is 11.3 Å². The Kier molecular flexibility index (Phi) is 5.68. The first kappa shape index (κ1) is 16.2. The van der Waals surface area contributed by atoms with Gasteiger partial charge in [-0.2, -0.15) is 5.10 Å². The number of hydrogen-bond acceptors (Lipinski definition) is 7. The molecule has 1 amide bonds. The van der Waals surface area contributed by atoms with Crippen molar-refractivity contribution in [2.45, 2.75) is 13.3 Å². The minimum absolute atomic E-state index is 0.0695. The van der Waals surface area contributed by atoms with Crippen LogP contribution >= 0.6 is 22.9 Å². The highest BCUT2D eigenvalue weighted by atomic mass is 35.5. The molecule has 0 bridgehead atoms. The number of hydrogen-bond donors (Lipinski definition) is 2. The number of nitrogens with one attached hydrogen (secondary N) is 1. The Bertz CT molecular complexity index is 689. The predicted octanol–water partition coefficient (Wildman–Crippen LogP) is 1.87. The van der Waals surface area contributed by atoms with Crippen molar-refractivity contribution < 1.29 is 9.53 Å². The molecule has 9 heteroatoms. The molecule has 2 aromatic rings. The molecule has 0 aliphatic rings. The highest BCUT2D eigenvalue weighted by Gasteiger charge is 2.07. The lowest BCUT2D eigenvalue weighted by atomic mass is 10.2. The summed E-state index contributed by atoms with van der Waals surface area (Å²) < 4.78 is 5.45. The molecule has 0 aliphatic carbocycles. The predicted molar refractivity (Wildman–Crippen MR) is 86.4 cm³/mol.